The quantitative estimate of drug-likeness (QED) is 0.817. The fourth-order valence-electron chi connectivity index (χ4n) is 2.28. The van der Waals surface area contributed by atoms with E-state index in [0.29, 0.717) is 18.3 Å². The van der Waals surface area contributed by atoms with Crippen molar-refractivity contribution in [3.8, 4) is 0 Å². The van der Waals surface area contributed by atoms with E-state index in [-0.39, 0.29) is 18.9 Å². The van der Waals surface area contributed by atoms with Gasteiger partial charge in [0.25, 0.3) is 5.92 Å². The highest BCUT2D eigenvalue weighted by Crippen LogP contribution is 2.27. The molecular weight excluding hydrogens is 246 g/mol. The predicted octanol–water partition coefficient (Wildman–Crippen LogP) is 1.34. The minimum Gasteiger partial charge on any atom is -0.339 e. The molecule has 2 saturated heterocycles. The fourth-order valence-corrected chi connectivity index (χ4v) is 3.46. The van der Waals surface area contributed by atoms with E-state index in [1.54, 1.807) is 4.90 Å². The van der Waals surface area contributed by atoms with Gasteiger partial charge in [-0.2, -0.15) is 11.8 Å². The topological polar surface area (TPSA) is 32.3 Å². The van der Waals surface area contributed by atoms with Gasteiger partial charge in [0.2, 0.25) is 5.91 Å². The lowest BCUT2D eigenvalue weighted by Gasteiger charge is -2.33. The standard InChI is InChI=1S/C11H18F2N2OS/c1-2-8-6-15(3-4-17-8)10(16)9-5-11(12,13)7-14-9/h8-9,14H,2-7H2,1H3. The highest BCUT2D eigenvalue weighted by molar-refractivity contribution is 8.00. The highest BCUT2D eigenvalue weighted by Gasteiger charge is 2.43. The summed E-state index contributed by atoms with van der Waals surface area (Å²) in [6.45, 7) is 3.10. The Morgan fingerprint density at radius 2 is 2.35 bits per heavy atom. The van der Waals surface area contributed by atoms with Crippen LogP contribution in [0.3, 0.4) is 0 Å². The number of carbonyl (C=O) groups is 1. The van der Waals surface area contributed by atoms with Crippen molar-refractivity contribution in [3.05, 3.63) is 0 Å². The molecule has 98 valence electrons. The summed E-state index contributed by atoms with van der Waals surface area (Å²) in [5.74, 6) is -1.97. The SMILES string of the molecule is CCC1CN(C(=O)C2CC(F)(F)CN2)CCS1. The summed E-state index contributed by atoms with van der Waals surface area (Å²) in [5, 5.41) is 3.08. The summed E-state index contributed by atoms with van der Waals surface area (Å²) in [7, 11) is 0. The second kappa shape index (κ2) is 5.10. The molecule has 2 aliphatic heterocycles. The molecule has 2 atom stereocenters. The number of amides is 1. The fraction of sp³-hybridized carbons (Fsp3) is 0.909. The molecule has 0 saturated carbocycles. The largest absolute Gasteiger partial charge is 0.339 e. The second-order valence-electron chi connectivity index (χ2n) is 4.68. The Morgan fingerprint density at radius 1 is 1.59 bits per heavy atom. The zero-order chi connectivity index (χ0) is 12.5. The molecule has 2 heterocycles. The Labute approximate surface area is 104 Å². The average Bonchev–Trinajstić information content (AvgIpc) is 2.69. The molecule has 2 rings (SSSR count). The first-order valence-electron chi connectivity index (χ1n) is 6.03. The van der Waals surface area contributed by atoms with Crippen LogP contribution in [0.4, 0.5) is 8.78 Å². The number of nitrogens with zero attached hydrogens (tertiary/aromatic N) is 1. The molecule has 6 heteroatoms. The van der Waals surface area contributed by atoms with Crippen molar-refractivity contribution >= 4 is 17.7 Å². The van der Waals surface area contributed by atoms with Gasteiger partial charge < -0.3 is 4.90 Å². The minimum absolute atomic E-state index is 0.152. The van der Waals surface area contributed by atoms with E-state index >= 15 is 0 Å². The van der Waals surface area contributed by atoms with E-state index in [2.05, 4.69) is 12.2 Å². The van der Waals surface area contributed by atoms with Crippen LogP contribution in [0.1, 0.15) is 19.8 Å². The van der Waals surface area contributed by atoms with Crippen LogP contribution in [0.15, 0.2) is 0 Å². The summed E-state index contributed by atoms with van der Waals surface area (Å²) in [4.78, 5) is 13.8. The van der Waals surface area contributed by atoms with Crippen molar-refractivity contribution < 1.29 is 13.6 Å². The Morgan fingerprint density at radius 3 is 2.94 bits per heavy atom. The van der Waals surface area contributed by atoms with Crippen molar-refractivity contribution in [2.45, 2.75) is 37.0 Å². The third kappa shape index (κ3) is 3.10. The molecule has 2 unspecified atom stereocenters. The lowest BCUT2D eigenvalue weighted by Crippen LogP contribution is -2.49. The maximum Gasteiger partial charge on any atom is 0.262 e. The van der Waals surface area contributed by atoms with Gasteiger partial charge in [-0.15, -0.1) is 0 Å². The van der Waals surface area contributed by atoms with E-state index in [0.717, 1.165) is 12.2 Å². The number of alkyl halides is 2. The molecule has 0 radical (unpaired) electrons. The zero-order valence-corrected chi connectivity index (χ0v) is 10.7. The number of nitrogens with one attached hydrogen (secondary N) is 1. The van der Waals surface area contributed by atoms with Gasteiger partial charge in [0.15, 0.2) is 0 Å². The number of rotatable bonds is 2. The van der Waals surface area contributed by atoms with Gasteiger partial charge in [-0.1, -0.05) is 6.92 Å². The average molecular weight is 264 g/mol. The molecule has 2 fully saturated rings. The molecule has 0 aromatic carbocycles. The third-order valence-electron chi connectivity index (χ3n) is 3.31. The molecule has 1 N–H and O–H groups in total. The molecule has 3 nitrogen and oxygen atoms in total. The molecule has 0 aliphatic carbocycles. The maximum atomic E-state index is 13.0. The van der Waals surface area contributed by atoms with Crippen molar-refractivity contribution in [2.24, 2.45) is 0 Å². The second-order valence-corrected chi connectivity index (χ2v) is 6.09. The van der Waals surface area contributed by atoms with Gasteiger partial charge in [0, 0.05) is 30.5 Å². The van der Waals surface area contributed by atoms with Crippen molar-refractivity contribution in [1.29, 1.82) is 0 Å². The molecule has 0 aromatic heterocycles. The number of halogens is 2. The molecule has 2 aliphatic rings. The van der Waals surface area contributed by atoms with E-state index < -0.39 is 12.0 Å². The maximum absolute atomic E-state index is 13.0. The summed E-state index contributed by atoms with van der Waals surface area (Å²) < 4.78 is 26.1. The lowest BCUT2D eigenvalue weighted by atomic mass is 10.1. The lowest BCUT2D eigenvalue weighted by molar-refractivity contribution is -0.133. The number of thioether (sulfide) groups is 1. The first kappa shape index (κ1) is 13.1. The van der Waals surface area contributed by atoms with Crippen LogP contribution in [0.2, 0.25) is 0 Å². The van der Waals surface area contributed by atoms with Gasteiger partial charge in [-0.05, 0) is 6.42 Å². The van der Waals surface area contributed by atoms with Gasteiger partial charge in [0.1, 0.15) is 0 Å². The molecule has 1 amide bonds. The Hall–Kier alpha value is -0.360. The smallest absolute Gasteiger partial charge is 0.262 e. The van der Waals surface area contributed by atoms with E-state index in [1.165, 1.54) is 0 Å². The normalized spacial score (nSPS) is 32.8. The Kier molecular flexibility index (Phi) is 3.92. The van der Waals surface area contributed by atoms with E-state index in [4.69, 9.17) is 0 Å². The minimum atomic E-state index is -2.73. The van der Waals surface area contributed by atoms with Gasteiger partial charge in [-0.3, -0.25) is 10.1 Å². The van der Waals surface area contributed by atoms with Crippen LogP contribution in [0.5, 0.6) is 0 Å². The van der Waals surface area contributed by atoms with Crippen LogP contribution < -0.4 is 5.32 Å². The van der Waals surface area contributed by atoms with Crippen LogP contribution in [-0.2, 0) is 4.79 Å². The monoisotopic (exact) mass is 264 g/mol. The van der Waals surface area contributed by atoms with Crippen LogP contribution in [0, 0.1) is 0 Å². The van der Waals surface area contributed by atoms with Crippen LogP contribution >= 0.6 is 11.8 Å². The molecule has 0 bridgehead atoms. The van der Waals surface area contributed by atoms with Crippen LogP contribution in [0.25, 0.3) is 0 Å². The number of hydrogen-bond acceptors (Lipinski definition) is 3. The summed E-state index contributed by atoms with van der Waals surface area (Å²) in [5.41, 5.74) is 0. The highest BCUT2D eigenvalue weighted by atomic mass is 32.2. The molecule has 0 spiro atoms. The van der Waals surface area contributed by atoms with Gasteiger partial charge >= 0.3 is 0 Å². The van der Waals surface area contributed by atoms with Gasteiger partial charge in [0.05, 0.1) is 12.6 Å². The predicted molar refractivity (Wildman–Crippen MR) is 64.5 cm³/mol. The first-order valence-corrected chi connectivity index (χ1v) is 7.08. The summed E-state index contributed by atoms with van der Waals surface area (Å²) in [6.07, 6.45) is 0.662. The van der Waals surface area contributed by atoms with E-state index in [9.17, 15) is 13.6 Å². The van der Waals surface area contributed by atoms with Gasteiger partial charge in [-0.25, -0.2) is 8.78 Å². The van der Waals surface area contributed by atoms with Crippen molar-refractivity contribution in [3.63, 3.8) is 0 Å². The van der Waals surface area contributed by atoms with Crippen molar-refractivity contribution in [1.82, 2.24) is 10.2 Å². The zero-order valence-electron chi connectivity index (χ0n) is 9.92. The van der Waals surface area contributed by atoms with Crippen molar-refractivity contribution in [2.75, 3.05) is 25.4 Å². The molecular formula is C11H18F2N2OS. The Bertz CT molecular complexity index is 301. The molecule has 17 heavy (non-hydrogen) atoms. The Balaban J connectivity index is 1.91. The summed E-state index contributed by atoms with van der Waals surface area (Å²) >= 11 is 1.86. The van der Waals surface area contributed by atoms with Crippen LogP contribution in [-0.4, -0.2) is 53.4 Å². The number of carbonyl (C=O) groups excluding carboxylic acids is 1. The van der Waals surface area contributed by atoms with E-state index in [1.807, 2.05) is 11.8 Å². The first-order chi connectivity index (χ1) is 8.02. The summed E-state index contributed by atoms with van der Waals surface area (Å²) in [6, 6.07) is -0.689. The third-order valence-corrected chi connectivity index (χ3v) is 4.69. The molecule has 0 aromatic rings. The number of hydrogen-bond donors (Lipinski definition) is 1.